The summed E-state index contributed by atoms with van der Waals surface area (Å²) in [4.78, 5) is 6.67. The van der Waals surface area contributed by atoms with Gasteiger partial charge >= 0.3 is 0 Å². The highest BCUT2D eigenvalue weighted by Gasteiger charge is 2.18. The molecule has 98 valence electrons. The van der Waals surface area contributed by atoms with Crippen molar-refractivity contribution in [3.63, 3.8) is 0 Å². The first-order valence-electron chi connectivity index (χ1n) is 6.44. The SMILES string of the molecule is CCCC1CN=C(Nc2cccc(N(C)C)c2)S1. The second kappa shape index (κ2) is 6.14. The maximum atomic E-state index is 4.56. The second-order valence-electron chi connectivity index (χ2n) is 4.74. The third kappa shape index (κ3) is 3.42. The minimum atomic E-state index is 0.662. The van der Waals surface area contributed by atoms with Gasteiger partial charge in [0.15, 0.2) is 5.17 Å². The van der Waals surface area contributed by atoms with E-state index < -0.39 is 0 Å². The van der Waals surface area contributed by atoms with Crippen molar-refractivity contribution >= 4 is 28.3 Å². The van der Waals surface area contributed by atoms with Gasteiger partial charge in [-0.1, -0.05) is 31.2 Å². The average Bonchev–Trinajstić information content (AvgIpc) is 2.77. The van der Waals surface area contributed by atoms with Gasteiger partial charge < -0.3 is 10.2 Å². The van der Waals surface area contributed by atoms with E-state index in [-0.39, 0.29) is 0 Å². The van der Waals surface area contributed by atoms with Crippen LogP contribution in [0.3, 0.4) is 0 Å². The average molecular weight is 263 g/mol. The van der Waals surface area contributed by atoms with Gasteiger partial charge in [-0.2, -0.15) is 0 Å². The van der Waals surface area contributed by atoms with Crippen molar-refractivity contribution in [1.82, 2.24) is 0 Å². The summed E-state index contributed by atoms with van der Waals surface area (Å²) in [5, 5.41) is 5.13. The normalized spacial score (nSPS) is 18.6. The summed E-state index contributed by atoms with van der Waals surface area (Å²) >= 11 is 1.87. The smallest absolute Gasteiger partial charge is 0.161 e. The highest BCUT2D eigenvalue weighted by Crippen LogP contribution is 2.26. The number of nitrogens with zero attached hydrogens (tertiary/aromatic N) is 2. The molecule has 1 aliphatic heterocycles. The Balaban J connectivity index is 1.96. The molecule has 0 aliphatic carbocycles. The molecule has 1 heterocycles. The van der Waals surface area contributed by atoms with Crippen LogP contribution in [0, 0.1) is 0 Å². The van der Waals surface area contributed by atoms with E-state index in [2.05, 4.69) is 60.5 Å². The molecule has 0 saturated carbocycles. The lowest BCUT2D eigenvalue weighted by molar-refractivity contribution is 0.754. The molecule has 1 aromatic carbocycles. The molecular formula is C14H21N3S. The first-order chi connectivity index (χ1) is 8.69. The van der Waals surface area contributed by atoms with Crippen LogP contribution in [-0.2, 0) is 0 Å². The number of amidine groups is 1. The van der Waals surface area contributed by atoms with Gasteiger partial charge in [0.25, 0.3) is 0 Å². The van der Waals surface area contributed by atoms with Crippen molar-refractivity contribution in [2.45, 2.75) is 25.0 Å². The Morgan fingerprint density at radius 2 is 2.28 bits per heavy atom. The largest absolute Gasteiger partial charge is 0.378 e. The third-order valence-corrected chi connectivity index (χ3v) is 4.11. The summed E-state index contributed by atoms with van der Waals surface area (Å²) in [5.41, 5.74) is 2.32. The van der Waals surface area contributed by atoms with Crippen molar-refractivity contribution in [2.24, 2.45) is 4.99 Å². The van der Waals surface area contributed by atoms with Crippen molar-refractivity contribution in [2.75, 3.05) is 30.9 Å². The number of aliphatic imine (C=N–C) groups is 1. The van der Waals surface area contributed by atoms with E-state index in [1.807, 2.05) is 11.8 Å². The number of benzene rings is 1. The number of nitrogens with one attached hydrogen (secondary N) is 1. The van der Waals surface area contributed by atoms with E-state index in [0.29, 0.717) is 5.25 Å². The van der Waals surface area contributed by atoms with Crippen molar-refractivity contribution in [1.29, 1.82) is 0 Å². The fourth-order valence-electron chi connectivity index (χ4n) is 1.94. The predicted octanol–water partition coefficient (Wildman–Crippen LogP) is 3.44. The molecular weight excluding hydrogens is 242 g/mol. The van der Waals surface area contributed by atoms with Crippen LogP contribution in [0.5, 0.6) is 0 Å². The molecule has 0 amide bonds. The van der Waals surface area contributed by atoms with Gasteiger partial charge in [-0.25, -0.2) is 0 Å². The molecule has 0 radical (unpaired) electrons. The Hall–Kier alpha value is -1.16. The minimum absolute atomic E-state index is 0.662. The Labute approximate surface area is 114 Å². The van der Waals surface area contributed by atoms with Gasteiger partial charge in [0.05, 0.1) is 6.54 Å². The molecule has 0 aromatic heterocycles. The van der Waals surface area contributed by atoms with E-state index in [1.54, 1.807) is 0 Å². The van der Waals surface area contributed by atoms with Gasteiger partial charge in [-0.3, -0.25) is 4.99 Å². The summed E-state index contributed by atoms with van der Waals surface area (Å²) in [6.45, 7) is 3.18. The van der Waals surface area contributed by atoms with E-state index in [4.69, 9.17) is 0 Å². The molecule has 0 fully saturated rings. The first-order valence-corrected chi connectivity index (χ1v) is 7.32. The fourth-order valence-corrected chi connectivity index (χ4v) is 3.09. The molecule has 3 nitrogen and oxygen atoms in total. The van der Waals surface area contributed by atoms with Crippen LogP contribution in [0.2, 0.25) is 0 Å². The summed E-state index contributed by atoms with van der Waals surface area (Å²) in [5.74, 6) is 0. The van der Waals surface area contributed by atoms with Crippen LogP contribution >= 0.6 is 11.8 Å². The lowest BCUT2D eigenvalue weighted by Gasteiger charge is -2.14. The zero-order chi connectivity index (χ0) is 13.0. The Kier molecular flexibility index (Phi) is 4.53. The quantitative estimate of drug-likeness (QED) is 0.902. The van der Waals surface area contributed by atoms with Gasteiger partial charge in [-0.05, 0) is 24.6 Å². The molecule has 2 rings (SSSR count). The number of hydrogen-bond acceptors (Lipinski definition) is 4. The van der Waals surface area contributed by atoms with Crippen LogP contribution in [0.15, 0.2) is 29.3 Å². The zero-order valence-electron chi connectivity index (χ0n) is 11.3. The van der Waals surface area contributed by atoms with Crippen LogP contribution in [-0.4, -0.2) is 31.1 Å². The minimum Gasteiger partial charge on any atom is -0.378 e. The molecule has 1 unspecified atom stereocenters. The summed E-state index contributed by atoms with van der Waals surface area (Å²) in [6.07, 6.45) is 2.48. The number of rotatable bonds is 4. The molecule has 1 atom stereocenters. The molecule has 1 aromatic rings. The van der Waals surface area contributed by atoms with Gasteiger partial charge in [0.2, 0.25) is 0 Å². The van der Waals surface area contributed by atoms with Gasteiger partial charge in [0, 0.05) is 30.7 Å². The molecule has 1 aliphatic rings. The molecule has 18 heavy (non-hydrogen) atoms. The number of anilines is 2. The van der Waals surface area contributed by atoms with Crippen molar-refractivity contribution < 1.29 is 0 Å². The monoisotopic (exact) mass is 263 g/mol. The van der Waals surface area contributed by atoms with Crippen LogP contribution in [0.1, 0.15) is 19.8 Å². The van der Waals surface area contributed by atoms with E-state index in [9.17, 15) is 0 Å². The van der Waals surface area contributed by atoms with E-state index in [0.717, 1.165) is 17.4 Å². The molecule has 0 spiro atoms. The molecule has 0 bridgehead atoms. The lowest BCUT2D eigenvalue weighted by Crippen LogP contribution is -2.10. The maximum absolute atomic E-state index is 4.56. The first kappa shape index (κ1) is 13.3. The van der Waals surface area contributed by atoms with Crippen LogP contribution in [0.25, 0.3) is 0 Å². The Morgan fingerprint density at radius 1 is 1.44 bits per heavy atom. The third-order valence-electron chi connectivity index (χ3n) is 2.94. The van der Waals surface area contributed by atoms with E-state index >= 15 is 0 Å². The Bertz CT molecular complexity index is 429. The molecule has 0 saturated heterocycles. The van der Waals surface area contributed by atoms with Crippen molar-refractivity contribution in [3.8, 4) is 0 Å². The van der Waals surface area contributed by atoms with Gasteiger partial charge in [0.1, 0.15) is 0 Å². The molecule has 4 heteroatoms. The van der Waals surface area contributed by atoms with Gasteiger partial charge in [-0.15, -0.1) is 0 Å². The highest BCUT2D eigenvalue weighted by molar-refractivity contribution is 8.15. The van der Waals surface area contributed by atoms with Crippen LogP contribution in [0.4, 0.5) is 11.4 Å². The molecule has 1 N–H and O–H groups in total. The summed E-state index contributed by atoms with van der Waals surface area (Å²) < 4.78 is 0. The van der Waals surface area contributed by atoms with Crippen LogP contribution < -0.4 is 10.2 Å². The second-order valence-corrected chi connectivity index (χ2v) is 6.03. The fraction of sp³-hybridized carbons (Fsp3) is 0.500. The number of thioether (sulfide) groups is 1. The predicted molar refractivity (Wildman–Crippen MR) is 83.0 cm³/mol. The topological polar surface area (TPSA) is 27.6 Å². The maximum Gasteiger partial charge on any atom is 0.161 e. The highest BCUT2D eigenvalue weighted by atomic mass is 32.2. The van der Waals surface area contributed by atoms with Crippen molar-refractivity contribution in [3.05, 3.63) is 24.3 Å². The summed E-state index contributed by atoms with van der Waals surface area (Å²) in [6, 6.07) is 8.41. The summed E-state index contributed by atoms with van der Waals surface area (Å²) in [7, 11) is 4.11. The lowest BCUT2D eigenvalue weighted by atomic mass is 10.2. The van der Waals surface area contributed by atoms with E-state index in [1.165, 1.54) is 18.5 Å². The number of hydrogen-bond donors (Lipinski definition) is 1. The standard InChI is InChI=1S/C14H21N3S/c1-4-6-13-10-15-14(18-13)16-11-7-5-8-12(9-11)17(2)3/h5,7-9,13H,4,6,10H2,1-3H3,(H,15,16). The zero-order valence-corrected chi connectivity index (χ0v) is 12.1. The Morgan fingerprint density at radius 3 is 3.00 bits per heavy atom.